The highest BCUT2D eigenvalue weighted by molar-refractivity contribution is 6.30. The number of ether oxygens (including phenoxy) is 1. The number of hydrogen-bond acceptors (Lipinski definition) is 2. The van der Waals surface area contributed by atoms with E-state index in [4.69, 9.17) is 22.1 Å². The first-order valence-electron chi connectivity index (χ1n) is 5.51. The number of nitrogens with two attached hydrogens (primary N) is 1. The SMILES string of the molecule is NCCc1ccc(Cl)cc1Oc1ccccc1. The van der Waals surface area contributed by atoms with E-state index < -0.39 is 0 Å². The Kier molecular flexibility index (Phi) is 4.02. The molecule has 0 aromatic heterocycles. The van der Waals surface area contributed by atoms with Crippen molar-refractivity contribution in [1.29, 1.82) is 0 Å². The Labute approximate surface area is 106 Å². The van der Waals surface area contributed by atoms with Gasteiger partial charge < -0.3 is 10.5 Å². The maximum absolute atomic E-state index is 5.97. The van der Waals surface area contributed by atoms with E-state index in [0.717, 1.165) is 23.5 Å². The highest BCUT2D eigenvalue weighted by Crippen LogP contribution is 2.28. The van der Waals surface area contributed by atoms with Gasteiger partial charge >= 0.3 is 0 Å². The van der Waals surface area contributed by atoms with Crippen LogP contribution in [0.5, 0.6) is 11.5 Å². The average molecular weight is 248 g/mol. The zero-order valence-electron chi connectivity index (χ0n) is 9.40. The fourth-order valence-corrected chi connectivity index (χ4v) is 1.76. The maximum atomic E-state index is 5.97. The molecule has 0 radical (unpaired) electrons. The van der Waals surface area contributed by atoms with Gasteiger partial charge in [0.1, 0.15) is 11.5 Å². The predicted octanol–water partition coefficient (Wildman–Crippen LogP) is 3.63. The first-order chi connectivity index (χ1) is 8.29. The van der Waals surface area contributed by atoms with Crippen molar-refractivity contribution in [3.63, 3.8) is 0 Å². The summed E-state index contributed by atoms with van der Waals surface area (Å²) < 4.78 is 5.80. The van der Waals surface area contributed by atoms with E-state index in [1.165, 1.54) is 0 Å². The molecule has 0 aliphatic heterocycles. The van der Waals surface area contributed by atoms with E-state index in [1.807, 2.05) is 48.5 Å². The minimum atomic E-state index is 0.590. The molecular formula is C14H14ClNO. The molecule has 0 aliphatic rings. The lowest BCUT2D eigenvalue weighted by atomic mass is 10.1. The lowest BCUT2D eigenvalue weighted by Gasteiger charge is -2.11. The molecule has 0 aliphatic carbocycles. The van der Waals surface area contributed by atoms with Gasteiger partial charge in [0.2, 0.25) is 0 Å². The highest BCUT2D eigenvalue weighted by atomic mass is 35.5. The fraction of sp³-hybridized carbons (Fsp3) is 0.143. The molecule has 3 heteroatoms. The zero-order valence-corrected chi connectivity index (χ0v) is 10.2. The summed E-state index contributed by atoms with van der Waals surface area (Å²) in [5.74, 6) is 1.57. The summed E-state index contributed by atoms with van der Waals surface area (Å²) in [4.78, 5) is 0. The van der Waals surface area contributed by atoms with Crippen LogP contribution in [0.15, 0.2) is 48.5 Å². The van der Waals surface area contributed by atoms with Gasteiger partial charge in [-0.2, -0.15) is 0 Å². The van der Waals surface area contributed by atoms with Crippen LogP contribution >= 0.6 is 11.6 Å². The molecule has 2 nitrogen and oxygen atoms in total. The van der Waals surface area contributed by atoms with Crippen LogP contribution in [0.4, 0.5) is 0 Å². The lowest BCUT2D eigenvalue weighted by molar-refractivity contribution is 0.476. The van der Waals surface area contributed by atoms with Gasteiger partial charge in [0.05, 0.1) is 0 Å². The van der Waals surface area contributed by atoms with E-state index in [9.17, 15) is 0 Å². The molecule has 0 unspecified atom stereocenters. The molecule has 0 bridgehead atoms. The first kappa shape index (κ1) is 12.0. The standard InChI is InChI=1S/C14H14ClNO/c15-12-7-6-11(8-9-16)14(10-12)17-13-4-2-1-3-5-13/h1-7,10H,8-9,16H2. The molecule has 0 fully saturated rings. The maximum Gasteiger partial charge on any atom is 0.132 e. The molecule has 0 atom stereocenters. The van der Waals surface area contributed by atoms with Crippen LogP contribution in [-0.4, -0.2) is 6.54 Å². The van der Waals surface area contributed by atoms with Crippen molar-refractivity contribution in [3.05, 3.63) is 59.1 Å². The molecule has 0 saturated carbocycles. The molecule has 0 heterocycles. The van der Waals surface area contributed by atoms with Gasteiger partial charge in [0.15, 0.2) is 0 Å². The van der Waals surface area contributed by atoms with Crippen LogP contribution in [0, 0.1) is 0 Å². The van der Waals surface area contributed by atoms with Gasteiger partial charge in [-0.3, -0.25) is 0 Å². The van der Waals surface area contributed by atoms with Gasteiger partial charge in [-0.15, -0.1) is 0 Å². The molecule has 2 aromatic carbocycles. The summed E-state index contributed by atoms with van der Waals surface area (Å²) in [6.45, 7) is 0.590. The van der Waals surface area contributed by atoms with Gasteiger partial charge in [-0.05, 0) is 42.8 Å². The van der Waals surface area contributed by atoms with Crippen LogP contribution < -0.4 is 10.5 Å². The average Bonchev–Trinajstić information content (AvgIpc) is 2.34. The van der Waals surface area contributed by atoms with Crippen LogP contribution in [0.25, 0.3) is 0 Å². The summed E-state index contributed by atoms with van der Waals surface area (Å²) >= 11 is 5.97. The predicted molar refractivity (Wildman–Crippen MR) is 70.7 cm³/mol. The molecular weight excluding hydrogens is 234 g/mol. The number of halogens is 1. The van der Waals surface area contributed by atoms with E-state index in [0.29, 0.717) is 11.6 Å². The van der Waals surface area contributed by atoms with Crippen LogP contribution in [-0.2, 0) is 6.42 Å². The Morgan fingerprint density at radius 1 is 1.06 bits per heavy atom. The Morgan fingerprint density at radius 3 is 2.53 bits per heavy atom. The van der Waals surface area contributed by atoms with Crippen molar-refractivity contribution >= 4 is 11.6 Å². The van der Waals surface area contributed by atoms with Gasteiger partial charge in [-0.1, -0.05) is 35.9 Å². The summed E-state index contributed by atoms with van der Waals surface area (Å²) in [6, 6.07) is 15.3. The topological polar surface area (TPSA) is 35.2 Å². The smallest absolute Gasteiger partial charge is 0.132 e. The minimum Gasteiger partial charge on any atom is -0.457 e. The summed E-state index contributed by atoms with van der Waals surface area (Å²) in [5, 5.41) is 0.664. The molecule has 0 amide bonds. The van der Waals surface area contributed by atoms with E-state index in [1.54, 1.807) is 0 Å². The van der Waals surface area contributed by atoms with Crippen LogP contribution in [0.2, 0.25) is 5.02 Å². The molecule has 17 heavy (non-hydrogen) atoms. The third-order valence-corrected chi connectivity index (χ3v) is 2.65. The quantitative estimate of drug-likeness (QED) is 0.895. The van der Waals surface area contributed by atoms with Crippen LogP contribution in [0.1, 0.15) is 5.56 Å². The number of rotatable bonds is 4. The second-order valence-electron chi connectivity index (χ2n) is 3.71. The van der Waals surface area contributed by atoms with Gasteiger partial charge in [-0.25, -0.2) is 0 Å². The lowest BCUT2D eigenvalue weighted by Crippen LogP contribution is -2.04. The minimum absolute atomic E-state index is 0.590. The number of benzene rings is 2. The molecule has 0 saturated heterocycles. The molecule has 88 valence electrons. The van der Waals surface area contributed by atoms with E-state index >= 15 is 0 Å². The molecule has 0 spiro atoms. The van der Waals surface area contributed by atoms with Crippen molar-refractivity contribution in [3.8, 4) is 11.5 Å². The third-order valence-electron chi connectivity index (χ3n) is 2.41. The normalized spacial score (nSPS) is 10.2. The third kappa shape index (κ3) is 3.22. The zero-order chi connectivity index (χ0) is 12.1. The van der Waals surface area contributed by atoms with Crippen molar-refractivity contribution in [1.82, 2.24) is 0 Å². The van der Waals surface area contributed by atoms with Crippen molar-refractivity contribution in [2.24, 2.45) is 5.73 Å². The van der Waals surface area contributed by atoms with Gasteiger partial charge in [0.25, 0.3) is 0 Å². The molecule has 2 aromatic rings. The monoisotopic (exact) mass is 247 g/mol. The molecule has 2 N–H and O–H groups in total. The highest BCUT2D eigenvalue weighted by Gasteiger charge is 2.05. The molecule has 2 rings (SSSR count). The number of hydrogen-bond donors (Lipinski definition) is 1. The van der Waals surface area contributed by atoms with E-state index in [2.05, 4.69) is 0 Å². The second-order valence-corrected chi connectivity index (χ2v) is 4.14. The Hall–Kier alpha value is -1.51. The van der Waals surface area contributed by atoms with Crippen molar-refractivity contribution in [2.75, 3.05) is 6.54 Å². The summed E-state index contributed by atoms with van der Waals surface area (Å²) in [7, 11) is 0. The Balaban J connectivity index is 2.27. The van der Waals surface area contributed by atoms with E-state index in [-0.39, 0.29) is 0 Å². The first-order valence-corrected chi connectivity index (χ1v) is 5.89. The summed E-state index contributed by atoms with van der Waals surface area (Å²) in [5.41, 5.74) is 6.64. The van der Waals surface area contributed by atoms with Crippen LogP contribution in [0.3, 0.4) is 0 Å². The summed E-state index contributed by atoms with van der Waals surface area (Å²) in [6.07, 6.45) is 0.777. The van der Waals surface area contributed by atoms with Gasteiger partial charge in [0, 0.05) is 5.02 Å². The largest absolute Gasteiger partial charge is 0.457 e. The Bertz CT molecular complexity index is 485. The number of para-hydroxylation sites is 1. The Morgan fingerprint density at radius 2 is 1.82 bits per heavy atom. The second kappa shape index (κ2) is 5.71. The van der Waals surface area contributed by atoms with Crippen molar-refractivity contribution < 1.29 is 4.74 Å². The fourth-order valence-electron chi connectivity index (χ4n) is 1.60. The van der Waals surface area contributed by atoms with Crippen molar-refractivity contribution in [2.45, 2.75) is 6.42 Å².